The fraction of sp³-hybridized carbons (Fsp3) is 0.333. The van der Waals surface area contributed by atoms with Gasteiger partial charge in [0.2, 0.25) is 0 Å². The van der Waals surface area contributed by atoms with E-state index in [0.29, 0.717) is 32.6 Å². The third kappa shape index (κ3) is 4.06. The summed E-state index contributed by atoms with van der Waals surface area (Å²) < 4.78 is 6.02. The second-order valence-corrected chi connectivity index (χ2v) is 9.57. The number of hydrazine groups is 1. The van der Waals surface area contributed by atoms with E-state index >= 15 is 0 Å². The number of benzene rings is 1. The Morgan fingerprint density at radius 1 is 1.33 bits per heavy atom. The van der Waals surface area contributed by atoms with Gasteiger partial charge in [-0.2, -0.15) is 0 Å². The maximum absolute atomic E-state index is 13.3. The molecule has 1 aliphatic heterocycles. The zero-order valence-electron chi connectivity index (χ0n) is 14.9. The van der Waals surface area contributed by atoms with Gasteiger partial charge in [0.15, 0.2) is 5.78 Å². The monoisotopic (exact) mass is 469 g/mol. The average molecular weight is 470 g/mol. The molecule has 0 aliphatic carbocycles. The number of nitrogen functional groups attached to an aromatic ring is 1. The van der Waals surface area contributed by atoms with Crippen molar-refractivity contribution >= 4 is 51.1 Å². The van der Waals surface area contributed by atoms with Crippen molar-refractivity contribution in [2.45, 2.75) is 17.9 Å². The average Bonchev–Trinajstić information content (AvgIpc) is 3.04. The number of H-pyrrole nitrogens is 1. The SMILES string of the molecule is COc1ccc(C(=O)c2c(C3SCCCS3)[nH]c(C(=O)NN)c2C)cc1Br. The molecule has 1 fully saturated rings. The summed E-state index contributed by atoms with van der Waals surface area (Å²) in [6.07, 6.45) is 1.14. The number of thioether (sulfide) groups is 2. The van der Waals surface area contributed by atoms with Crippen LogP contribution in [-0.2, 0) is 0 Å². The number of hydrogen-bond acceptors (Lipinski definition) is 6. The molecule has 0 atom stereocenters. The standard InChI is InChI=1S/C18H20BrN3O3S2/c1-9-13(16(23)10-4-5-12(25-2)11(19)8-10)15(18-26-6-3-7-27-18)21-14(9)17(24)22-20/h4-5,8,18,21H,3,6-7,20H2,1-2H3,(H,22,24). The quantitative estimate of drug-likeness (QED) is 0.266. The molecule has 6 nitrogen and oxygen atoms in total. The van der Waals surface area contributed by atoms with E-state index < -0.39 is 5.91 Å². The summed E-state index contributed by atoms with van der Waals surface area (Å²) in [6, 6.07) is 5.21. The van der Waals surface area contributed by atoms with Crippen LogP contribution in [0.4, 0.5) is 0 Å². The van der Waals surface area contributed by atoms with Crippen LogP contribution in [0, 0.1) is 6.92 Å². The fourth-order valence-electron chi connectivity index (χ4n) is 2.99. The molecule has 1 aromatic heterocycles. The van der Waals surface area contributed by atoms with Gasteiger partial charge in [-0.3, -0.25) is 15.0 Å². The predicted molar refractivity (Wildman–Crippen MR) is 114 cm³/mol. The van der Waals surface area contributed by atoms with Gasteiger partial charge < -0.3 is 9.72 Å². The maximum Gasteiger partial charge on any atom is 0.281 e. The van der Waals surface area contributed by atoms with Crippen LogP contribution in [-0.4, -0.2) is 35.3 Å². The summed E-state index contributed by atoms with van der Waals surface area (Å²) in [4.78, 5) is 28.7. The van der Waals surface area contributed by atoms with Crippen LogP contribution < -0.4 is 16.0 Å². The molecule has 0 saturated carbocycles. The van der Waals surface area contributed by atoms with Gasteiger partial charge in [0.05, 0.1) is 21.9 Å². The van der Waals surface area contributed by atoms with E-state index in [2.05, 4.69) is 26.3 Å². The topological polar surface area (TPSA) is 97.2 Å². The van der Waals surface area contributed by atoms with Crippen LogP contribution in [0.2, 0.25) is 0 Å². The third-order valence-electron chi connectivity index (χ3n) is 4.34. The van der Waals surface area contributed by atoms with Crippen LogP contribution in [0.25, 0.3) is 0 Å². The first kappa shape index (κ1) is 20.3. The molecule has 0 radical (unpaired) electrons. The molecule has 2 aromatic rings. The number of rotatable bonds is 5. The number of nitrogens with one attached hydrogen (secondary N) is 2. The van der Waals surface area contributed by atoms with Crippen molar-refractivity contribution in [2.24, 2.45) is 5.84 Å². The number of aromatic amines is 1. The zero-order chi connectivity index (χ0) is 19.6. The smallest absolute Gasteiger partial charge is 0.281 e. The lowest BCUT2D eigenvalue weighted by Gasteiger charge is -2.21. The van der Waals surface area contributed by atoms with E-state index in [0.717, 1.165) is 23.6 Å². The lowest BCUT2D eigenvalue weighted by atomic mass is 9.99. The summed E-state index contributed by atoms with van der Waals surface area (Å²) in [5, 5.41) is 0. The van der Waals surface area contributed by atoms with Crippen molar-refractivity contribution in [3.05, 3.63) is 50.8 Å². The number of hydrogen-bond donors (Lipinski definition) is 3. The van der Waals surface area contributed by atoms with E-state index in [1.165, 1.54) is 0 Å². The molecule has 1 amide bonds. The first-order valence-electron chi connectivity index (χ1n) is 8.32. The number of aromatic nitrogens is 1. The summed E-state index contributed by atoms with van der Waals surface area (Å²) in [5.74, 6) is 7.44. The third-order valence-corrected chi connectivity index (χ3v) is 7.90. The number of ether oxygens (including phenoxy) is 1. The minimum atomic E-state index is -0.436. The molecule has 9 heteroatoms. The second-order valence-electron chi connectivity index (χ2n) is 5.99. The Morgan fingerprint density at radius 2 is 2.04 bits per heavy atom. The number of methoxy groups -OCH3 is 1. The Hall–Kier alpha value is -1.42. The minimum Gasteiger partial charge on any atom is -0.496 e. The van der Waals surface area contributed by atoms with Gasteiger partial charge in [-0.05, 0) is 64.5 Å². The normalized spacial score (nSPS) is 14.8. The Morgan fingerprint density at radius 3 is 2.63 bits per heavy atom. The summed E-state index contributed by atoms with van der Waals surface area (Å²) in [7, 11) is 1.57. The largest absolute Gasteiger partial charge is 0.496 e. The van der Waals surface area contributed by atoms with Crippen molar-refractivity contribution < 1.29 is 14.3 Å². The molecule has 0 spiro atoms. The van der Waals surface area contributed by atoms with Crippen LogP contribution in [0.5, 0.6) is 5.75 Å². The molecular formula is C18H20BrN3O3S2. The van der Waals surface area contributed by atoms with E-state index in [1.807, 2.05) is 0 Å². The highest BCUT2D eigenvalue weighted by Crippen LogP contribution is 2.45. The lowest BCUT2D eigenvalue weighted by Crippen LogP contribution is -2.30. The zero-order valence-corrected chi connectivity index (χ0v) is 18.1. The number of nitrogens with two attached hydrogens (primary N) is 1. The first-order valence-corrected chi connectivity index (χ1v) is 11.2. The molecule has 0 unspecified atom stereocenters. The van der Waals surface area contributed by atoms with Crippen molar-refractivity contribution in [1.29, 1.82) is 0 Å². The summed E-state index contributed by atoms with van der Waals surface area (Å²) in [6.45, 7) is 1.77. The van der Waals surface area contributed by atoms with E-state index in [4.69, 9.17) is 10.6 Å². The van der Waals surface area contributed by atoms with Gasteiger partial charge in [0, 0.05) is 11.1 Å². The highest BCUT2D eigenvalue weighted by molar-refractivity contribution is 9.10. The number of carbonyl (C=O) groups excluding carboxylic acids is 2. The maximum atomic E-state index is 13.3. The lowest BCUT2D eigenvalue weighted by molar-refractivity contribution is 0.0948. The van der Waals surface area contributed by atoms with Gasteiger partial charge in [-0.25, -0.2) is 5.84 Å². The molecule has 1 aromatic carbocycles. The highest BCUT2D eigenvalue weighted by atomic mass is 79.9. The summed E-state index contributed by atoms with van der Waals surface area (Å²) in [5.41, 5.74) is 4.93. The molecular weight excluding hydrogens is 450 g/mol. The Labute approximate surface area is 174 Å². The predicted octanol–water partition coefficient (Wildman–Crippen LogP) is 3.80. The molecule has 0 bridgehead atoms. The minimum absolute atomic E-state index is 0.0809. The van der Waals surface area contributed by atoms with E-state index in [9.17, 15) is 9.59 Å². The highest BCUT2D eigenvalue weighted by Gasteiger charge is 2.30. The van der Waals surface area contributed by atoms with Crippen LogP contribution in [0.3, 0.4) is 0 Å². The first-order chi connectivity index (χ1) is 13.0. The number of halogens is 1. The van der Waals surface area contributed by atoms with Crippen LogP contribution >= 0.6 is 39.5 Å². The van der Waals surface area contributed by atoms with Gasteiger partial charge in [0.1, 0.15) is 11.4 Å². The molecule has 27 heavy (non-hydrogen) atoms. The van der Waals surface area contributed by atoms with Crippen molar-refractivity contribution in [3.63, 3.8) is 0 Å². The van der Waals surface area contributed by atoms with Crippen LogP contribution in [0.15, 0.2) is 22.7 Å². The molecule has 1 saturated heterocycles. The molecule has 2 heterocycles. The molecule has 1 aliphatic rings. The van der Waals surface area contributed by atoms with Gasteiger partial charge in [0.25, 0.3) is 5.91 Å². The van der Waals surface area contributed by atoms with Crippen molar-refractivity contribution in [3.8, 4) is 5.75 Å². The fourth-order valence-corrected chi connectivity index (χ4v) is 6.42. The van der Waals surface area contributed by atoms with E-state index in [-0.39, 0.29) is 10.4 Å². The van der Waals surface area contributed by atoms with Gasteiger partial charge in [-0.1, -0.05) is 0 Å². The van der Waals surface area contributed by atoms with Crippen molar-refractivity contribution in [1.82, 2.24) is 10.4 Å². The second kappa shape index (κ2) is 8.72. The van der Waals surface area contributed by atoms with E-state index in [1.54, 1.807) is 55.8 Å². The Bertz CT molecular complexity index is 879. The summed E-state index contributed by atoms with van der Waals surface area (Å²) >= 11 is 6.99. The van der Waals surface area contributed by atoms with Crippen LogP contribution in [0.1, 0.15) is 48.7 Å². The molecule has 144 valence electrons. The molecule has 3 rings (SSSR count). The van der Waals surface area contributed by atoms with Crippen molar-refractivity contribution in [2.75, 3.05) is 18.6 Å². The number of ketones is 1. The number of carbonyl (C=O) groups is 2. The number of amides is 1. The van der Waals surface area contributed by atoms with Gasteiger partial charge >= 0.3 is 0 Å². The Kier molecular flexibility index (Phi) is 6.56. The molecule has 4 N–H and O–H groups in total. The van der Waals surface area contributed by atoms with Gasteiger partial charge in [-0.15, -0.1) is 23.5 Å². The Balaban J connectivity index is 2.09.